The summed E-state index contributed by atoms with van der Waals surface area (Å²) in [7, 11) is 0. The Kier molecular flexibility index (Phi) is 4.96. The molecule has 0 aliphatic rings. The van der Waals surface area contributed by atoms with Crippen LogP contribution in [0.15, 0.2) is 48.7 Å². The molecule has 0 radical (unpaired) electrons. The van der Waals surface area contributed by atoms with Crippen LogP contribution in [0.25, 0.3) is 11.5 Å². The maximum absolute atomic E-state index is 12.0. The molecule has 6 nitrogen and oxygen atoms in total. The molecule has 0 unspecified atom stereocenters. The zero-order valence-electron chi connectivity index (χ0n) is 13.5. The molecule has 0 aliphatic heterocycles. The number of nitrogens with zero attached hydrogens (tertiary/aromatic N) is 3. The van der Waals surface area contributed by atoms with E-state index in [1.165, 1.54) is 5.56 Å². The van der Waals surface area contributed by atoms with E-state index in [0.717, 1.165) is 12.0 Å². The maximum atomic E-state index is 12.0. The van der Waals surface area contributed by atoms with Crippen LogP contribution in [-0.4, -0.2) is 26.1 Å². The average Bonchev–Trinajstić information content (AvgIpc) is 3.09. The SMILES string of the molecule is CCc1ccc(CNC(=O)Cc2nc(-c3ccccn3)n[nH]2)cc1. The van der Waals surface area contributed by atoms with Crippen molar-refractivity contribution in [3.8, 4) is 11.5 Å². The van der Waals surface area contributed by atoms with Crippen LogP contribution in [0.1, 0.15) is 23.9 Å². The Morgan fingerprint density at radius 1 is 1.12 bits per heavy atom. The van der Waals surface area contributed by atoms with E-state index >= 15 is 0 Å². The van der Waals surface area contributed by atoms with Crippen LogP contribution >= 0.6 is 0 Å². The molecule has 0 saturated carbocycles. The fourth-order valence-corrected chi connectivity index (χ4v) is 2.29. The molecule has 2 N–H and O–H groups in total. The molecule has 0 aliphatic carbocycles. The summed E-state index contributed by atoms with van der Waals surface area (Å²) in [5, 5.41) is 9.78. The molecule has 0 bridgehead atoms. The predicted octanol–water partition coefficient (Wildman–Crippen LogP) is 2.29. The Morgan fingerprint density at radius 3 is 2.62 bits per heavy atom. The molecule has 0 spiro atoms. The summed E-state index contributed by atoms with van der Waals surface area (Å²) >= 11 is 0. The van der Waals surface area contributed by atoms with Crippen molar-refractivity contribution in [1.29, 1.82) is 0 Å². The summed E-state index contributed by atoms with van der Waals surface area (Å²) in [5.74, 6) is 0.918. The van der Waals surface area contributed by atoms with E-state index < -0.39 is 0 Å². The Bertz CT molecular complexity index is 796. The Labute approximate surface area is 140 Å². The number of amides is 1. The summed E-state index contributed by atoms with van der Waals surface area (Å²) in [5.41, 5.74) is 3.04. The van der Waals surface area contributed by atoms with Gasteiger partial charge in [-0.15, -0.1) is 0 Å². The van der Waals surface area contributed by atoms with E-state index in [0.29, 0.717) is 23.9 Å². The molecular formula is C18H19N5O. The Balaban J connectivity index is 1.54. The topological polar surface area (TPSA) is 83.6 Å². The van der Waals surface area contributed by atoms with Gasteiger partial charge in [-0.1, -0.05) is 37.3 Å². The average molecular weight is 321 g/mol. The van der Waals surface area contributed by atoms with Gasteiger partial charge in [0, 0.05) is 12.7 Å². The van der Waals surface area contributed by atoms with Gasteiger partial charge in [0.15, 0.2) is 5.82 Å². The lowest BCUT2D eigenvalue weighted by atomic mass is 10.1. The molecule has 0 fully saturated rings. The van der Waals surface area contributed by atoms with Crippen LogP contribution in [0, 0.1) is 0 Å². The highest BCUT2D eigenvalue weighted by atomic mass is 16.1. The van der Waals surface area contributed by atoms with Crippen molar-refractivity contribution in [2.45, 2.75) is 26.3 Å². The maximum Gasteiger partial charge on any atom is 0.227 e. The van der Waals surface area contributed by atoms with E-state index in [2.05, 4.69) is 44.5 Å². The summed E-state index contributed by atoms with van der Waals surface area (Å²) in [6.45, 7) is 2.62. The number of hydrogen-bond acceptors (Lipinski definition) is 4. The van der Waals surface area contributed by atoms with Crippen molar-refractivity contribution >= 4 is 5.91 Å². The number of H-pyrrole nitrogens is 1. The van der Waals surface area contributed by atoms with Gasteiger partial charge >= 0.3 is 0 Å². The number of aromatic nitrogens is 4. The standard InChI is InChI=1S/C18H19N5O/c1-2-13-6-8-14(9-7-13)12-20-17(24)11-16-21-18(23-22-16)15-5-3-4-10-19-15/h3-10H,2,11-12H2,1H3,(H,20,24)(H,21,22,23). The van der Waals surface area contributed by atoms with E-state index in [1.54, 1.807) is 6.20 Å². The number of pyridine rings is 1. The van der Waals surface area contributed by atoms with Gasteiger partial charge in [-0.25, -0.2) is 4.98 Å². The molecule has 3 aromatic rings. The largest absolute Gasteiger partial charge is 0.352 e. The highest BCUT2D eigenvalue weighted by Gasteiger charge is 2.10. The van der Waals surface area contributed by atoms with Crippen molar-refractivity contribution in [2.24, 2.45) is 0 Å². The quantitative estimate of drug-likeness (QED) is 0.729. The van der Waals surface area contributed by atoms with Crippen molar-refractivity contribution in [2.75, 3.05) is 0 Å². The van der Waals surface area contributed by atoms with Crippen LogP contribution in [0.5, 0.6) is 0 Å². The van der Waals surface area contributed by atoms with E-state index in [1.807, 2.05) is 30.3 Å². The highest BCUT2D eigenvalue weighted by Crippen LogP contribution is 2.10. The molecule has 2 heterocycles. The number of benzene rings is 1. The first-order valence-electron chi connectivity index (χ1n) is 7.92. The van der Waals surface area contributed by atoms with Gasteiger partial charge in [-0.2, -0.15) is 5.10 Å². The number of hydrogen-bond donors (Lipinski definition) is 2. The third-order valence-corrected chi connectivity index (χ3v) is 3.67. The van der Waals surface area contributed by atoms with Crippen LogP contribution in [0.3, 0.4) is 0 Å². The zero-order valence-corrected chi connectivity index (χ0v) is 13.5. The summed E-state index contributed by atoms with van der Waals surface area (Å²) < 4.78 is 0. The van der Waals surface area contributed by atoms with Crippen LogP contribution in [0.4, 0.5) is 0 Å². The number of nitrogens with one attached hydrogen (secondary N) is 2. The van der Waals surface area contributed by atoms with Crippen LogP contribution < -0.4 is 5.32 Å². The van der Waals surface area contributed by atoms with Crippen molar-refractivity contribution in [3.63, 3.8) is 0 Å². The Hall–Kier alpha value is -3.02. The first kappa shape index (κ1) is 15.9. The molecule has 2 aromatic heterocycles. The highest BCUT2D eigenvalue weighted by molar-refractivity contribution is 5.77. The first-order chi connectivity index (χ1) is 11.7. The van der Waals surface area contributed by atoms with Crippen molar-refractivity contribution < 1.29 is 4.79 Å². The molecule has 122 valence electrons. The number of carbonyl (C=O) groups excluding carboxylic acids is 1. The summed E-state index contributed by atoms with van der Waals surface area (Å²) in [6.07, 6.45) is 2.85. The second kappa shape index (κ2) is 7.50. The monoisotopic (exact) mass is 321 g/mol. The first-order valence-corrected chi connectivity index (χ1v) is 7.92. The van der Waals surface area contributed by atoms with Gasteiger partial charge in [-0.05, 0) is 29.7 Å². The number of aromatic amines is 1. The van der Waals surface area contributed by atoms with Gasteiger partial charge in [0.1, 0.15) is 11.5 Å². The number of aryl methyl sites for hydroxylation is 1. The second-order valence-electron chi connectivity index (χ2n) is 5.44. The van der Waals surface area contributed by atoms with Gasteiger partial charge in [0.25, 0.3) is 0 Å². The molecule has 1 amide bonds. The van der Waals surface area contributed by atoms with Gasteiger partial charge in [0.05, 0.1) is 6.42 Å². The smallest absolute Gasteiger partial charge is 0.227 e. The van der Waals surface area contributed by atoms with Crippen LogP contribution in [-0.2, 0) is 24.2 Å². The molecule has 1 aromatic carbocycles. The molecule has 3 rings (SSSR count). The van der Waals surface area contributed by atoms with E-state index in [4.69, 9.17) is 0 Å². The minimum absolute atomic E-state index is 0.0988. The third kappa shape index (κ3) is 4.04. The molecule has 24 heavy (non-hydrogen) atoms. The number of carbonyl (C=O) groups is 1. The lowest BCUT2D eigenvalue weighted by Gasteiger charge is -2.05. The summed E-state index contributed by atoms with van der Waals surface area (Å²) in [4.78, 5) is 20.5. The molecule has 6 heteroatoms. The van der Waals surface area contributed by atoms with Gasteiger partial charge in [-0.3, -0.25) is 14.9 Å². The molecule has 0 atom stereocenters. The fourth-order valence-electron chi connectivity index (χ4n) is 2.29. The minimum Gasteiger partial charge on any atom is -0.352 e. The predicted molar refractivity (Wildman–Crippen MR) is 91.0 cm³/mol. The number of rotatable bonds is 6. The van der Waals surface area contributed by atoms with Crippen molar-refractivity contribution in [3.05, 3.63) is 65.6 Å². The lowest BCUT2D eigenvalue weighted by Crippen LogP contribution is -2.25. The normalized spacial score (nSPS) is 10.5. The van der Waals surface area contributed by atoms with E-state index in [-0.39, 0.29) is 12.3 Å². The molecular weight excluding hydrogens is 302 g/mol. The molecule has 0 saturated heterocycles. The lowest BCUT2D eigenvalue weighted by molar-refractivity contribution is -0.120. The second-order valence-corrected chi connectivity index (χ2v) is 5.44. The Morgan fingerprint density at radius 2 is 1.92 bits per heavy atom. The summed E-state index contributed by atoms with van der Waals surface area (Å²) in [6, 6.07) is 13.8. The van der Waals surface area contributed by atoms with Gasteiger partial charge < -0.3 is 5.32 Å². The van der Waals surface area contributed by atoms with Crippen LogP contribution in [0.2, 0.25) is 0 Å². The van der Waals surface area contributed by atoms with E-state index in [9.17, 15) is 4.79 Å². The minimum atomic E-state index is -0.0988. The van der Waals surface area contributed by atoms with Gasteiger partial charge in [0.2, 0.25) is 5.91 Å². The third-order valence-electron chi connectivity index (χ3n) is 3.67. The zero-order chi connectivity index (χ0) is 16.8. The fraction of sp³-hybridized carbons (Fsp3) is 0.222. The van der Waals surface area contributed by atoms with Crippen molar-refractivity contribution in [1.82, 2.24) is 25.5 Å².